The van der Waals surface area contributed by atoms with Crippen LogP contribution in [0.4, 0.5) is 0 Å². The Bertz CT molecular complexity index is 633. The van der Waals surface area contributed by atoms with Crippen LogP contribution in [-0.4, -0.2) is 44.3 Å². The first-order chi connectivity index (χ1) is 16.1. The van der Waals surface area contributed by atoms with Crippen molar-refractivity contribution < 1.29 is 39.6 Å². The van der Waals surface area contributed by atoms with Gasteiger partial charge in [-0.25, -0.2) is 0 Å². The third kappa shape index (κ3) is 10.0. The lowest BCUT2D eigenvalue weighted by molar-refractivity contribution is -0.156. The summed E-state index contributed by atoms with van der Waals surface area (Å²) in [5, 5.41) is 36.1. The molecule has 196 valence electrons. The highest BCUT2D eigenvalue weighted by Crippen LogP contribution is 2.45. The second kappa shape index (κ2) is 15.7. The molecule has 0 heterocycles. The van der Waals surface area contributed by atoms with Gasteiger partial charge in [0.2, 0.25) is 0 Å². The molecule has 4 N–H and O–H groups in total. The summed E-state index contributed by atoms with van der Waals surface area (Å²) in [5.41, 5.74) is 0. The Morgan fingerprint density at radius 2 is 1.09 bits per heavy atom. The lowest BCUT2D eigenvalue weighted by Gasteiger charge is -2.43. The first-order valence-corrected chi connectivity index (χ1v) is 13.0. The zero-order chi connectivity index (χ0) is 25.7. The minimum Gasteiger partial charge on any atom is -0.481 e. The SMILES string of the molecule is CCCC1CCC(C)C(CCCCCC(C(=O)O)C(=O)O)C1CCCCCC(C(=O)O)C(=O)O. The van der Waals surface area contributed by atoms with Crippen LogP contribution in [0.5, 0.6) is 0 Å². The Hall–Kier alpha value is -2.12. The maximum absolute atomic E-state index is 11.1. The molecule has 0 saturated heterocycles. The van der Waals surface area contributed by atoms with Crippen molar-refractivity contribution in [3.63, 3.8) is 0 Å². The highest BCUT2D eigenvalue weighted by Gasteiger charge is 2.36. The zero-order valence-electron chi connectivity index (χ0n) is 20.8. The molecule has 1 fully saturated rings. The van der Waals surface area contributed by atoms with E-state index in [0.29, 0.717) is 36.5 Å². The smallest absolute Gasteiger partial charge is 0.317 e. The van der Waals surface area contributed by atoms with E-state index in [1.807, 2.05) is 0 Å². The van der Waals surface area contributed by atoms with Crippen LogP contribution >= 0.6 is 0 Å². The third-order valence-electron chi connectivity index (χ3n) is 7.79. The number of carbonyl (C=O) groups is 4. The molecule has 1 aliphatic rings. The molecule has 0 aromatic heterocycles. The van der Waals surface area contributed by atoms with Crippen LogP contribution in [0.15, 0.2) is 0 Å². The maximum Gasteiger partial charge on any atom is 0.317 e. The molecule has 4 unspecified atom stereocenters. The molecule has 0 spiro atoms. The monoisotopic (exact) mass is 484 g/mol. The van der Waals surface area contributed by atoms with E-state index in [9.17, 15) is 19.2 Å². The van der Waals surface area contributed by atoms with E-state index < -0.39 is 35.7 Å². The summed E-state index contributed by atoms with van der Waals surface area (Å²) in [4.78, 5) is 44.2. The Kier molecular flexibility index (Phi) is 13.8. The highest BCUT2D eigenvalue weighted by molar-refractivity contribution is 5.93. The van der Waals surface area contributed by atoms with Crippen molar-refractivity contribution in [2.75, 3.05) is 0 Å². The number of unbranched alkanes of at least 4 members (excludes halogenated alkanes) is 4. The molecule has 0 aliphatic heterocycles. The standard InChI is InChI=1S/C26H44O8/c1-3-10-18-16-15-17(2)19(11-6-4-8-13-21(23(27)28)24(29)30)20(18)12-7-5-9-14-22(25(31)32)26(33)34/h17-22H,3-16H2,1-2H3,(H,27,28)(H,29,30)(H,31,32)(H,33,34). The van der Waals surface area contributed by atoms with Gasteiger partial charge in [0.25, 0.3) is 0 Å². The average molecular weight is 485 g/mol. The van der Waals surface area contributed by atoms with Gasteiger partial charge < -0.3 is 20.4 Å². The molecule has 0 bridgehead atoms. The molecular formula is C26H44O8. The fraction of sp³-hybridized carbons (Fsp3) is 0.846. The number of carboxylic acid groups (broad SMARTS) is 4. The Morgan fingerprint density at radius 3 is 1.50 bits per heavy atom. The summed E-state index contributed by atoms with van der Waals surface area (Å²) in [5.74, 6) is -5.23. The summed E-state index contributed by atoms with van der Waals surface area (Å²) >= 11 is 0. The number of hydrogen-bond donors (Lipinski definition) is 4. The second-order valence-electron chi connectivity index (χ2n) is 10.2. The van der Waals surface area contributed by atoms with Crippen LogP contribution in [0, 0.1) is 35.5 Å². The fourth-order valence-corrected chi connectivity index (χ4v) is 5.87. The molecule has 8 heteroatoms. The number of aliphatic carboxylic acids is 4. The van der Waals surface area contributed by atoms with Gasteiger partial charge >= 0.3 is 23.9 Å². The van der Waals surface area contributed by atoms with Gasteiger partial charge in [-0.15, -0.1) is 0 Å². The van der Waals surface area contributed by atoms with E-state index in [1.165, 1.54) is 19.3 Å². The molecule has 34 heavy (non-hydrogen) atoms. The van der Waals surface area contributed by atoms with E-state index in [-0.39, 0.29) is 12.8 Å². The van der Waals surface area contributed by atoms with Crippen molar-refractivity contribution in [3.05, 3.63) is 0 Å². The van der Waals surface area contributed by atoms with Gasteiger partial charge in [0, 0.05) is 0 Å². The van der Waals surface area contributed by atoms with Gasteiger partial charge in [-0.3, -0.25) is 19.2 Å². The lowest BCUT2D eigenvalue weighted by atomic mass is 9.63. The molecule has 0 aromatic carbocycles. The third-order valence-corrected chi connectivity index (χ3v) is 7.79. The summed E-state index contributed by atoms with van der Waals surface area (Å²) in [6.45, 7) is 4.53. The summed E-state index contributed by atoms with van der Waals surface area (Å²) in [6.07, 6.45) is 12.1. The van der Waals surface area contributed by atoms with Gasteiger partial charge in [-0.05, 0) is 55.8 Å². The van der Waals surface area contributed by atoms with Crippen molar-refractivity contribution >= 4 is 23.9 Å². The summed E-state index contributed by atoms with van der Waals surface area (Å²) in [6, 6.07) is 0. The lowest BCUT2D eigenvalue weighted by Crippen LogP contribution is -2.33. The molecule has 8 nitrogen and oxygen atoms in total. The van der Waals surface area contributed by atoms with Crippen molar-refractivity contribution in [2.45, 2.75) is 104 Å². The highest BCUT2D eigenvalue weighted by atomic mass is 16.4. The summed E-state index contributed by atoms with van der Waals surface area (Å²) < 4.78 is 0. The van der Waals surface area contributed by atoms with Crippen LogP contribution in [-0.2, 0) is 19.2 Å². The van der Waals surface area contributed by atoms with E-state index >= 15 is 0 Å². The van der Waals surface area contributed by atoms with Crippen LogP contribution < -0.4 is 0 Å². The topological polar surface area (TPSA) is 149 Å². The van der Waals surface area contributed by atoms with Gasteiger partial charge in [-0.2, -0.15) is 0 Å². The Morgan fingerprint density at radius 1 is 0.647 bits per heavy atom. The van der Waals surface area contributed by atoms with Crippen LogP contribution in [0.1, 0.15) is 104 Å². The predicted molar refractivity (Wildman–Crippen MR) is 127 cm³/mol. The molecule has 0 aromatic rings. The van der Waals surface area contributed by atoms with E-state index in [1.54, 1.807) is 0 Å². The van der Waals surface area contributed by atoms with Crippen LogP contribution in [0.2, 0.25) is 0 Å². The molecular weight excluding hydrogens is 440 g/mol. The number of carboxylic acids is 4. The quantitative estimate of drug-likeness (QED) is 0.146. The van der Waals surface area contributed by atoms with Crippen molar-refractivity contribution in [1.29, 1.82) is 0 Å². The second-order valence-corrected chi connectivity index (χ2v) is 10.2. The average Bonchev–Trinajstić information content (AvgIpc) is 2.74. The number of hydrogen-bond acceptors (Lipinski definition) is 4. The normalized spacial score (nSPS) is 22.7. The molecule has 0 radical (unpaired) electrons. The van der Waals surface area contributed by atoms with E-state index in [0.717, 1.165) is 44.9 Å². The number of rotatable bonds is 18. The molecule has 1 saturated carbocycles. The largest absolute Gasteiger partial charge is 0.481 e. The fourth-order valence-electron chi connectivity index (χ4n) is 5.87. The minimum atomic E-state index is -1.32. The van der Waals surface area contributed by atoms with Gasteiger partial charge in [0.1, 0.15) is 0 Å². The molecule has 1 rings (SSSR count). The van der Waals surface area contributed by atoms with Crippen molar-refractivity contribution in [2.24, 2.45) is 35.5 Å². The van der Waals surface area contributed by atoms with Gasteiger partial charge in [0.15, 0.2) is 11.8 Å². The van der Waals surface area contributed by atoms with E-state index in [2.05, 4.69) is 13.8 Å². The van der Waals surface area contributed by atoms with Gasteiger partial charge in [0.05, 0.1) is 0 Å². The van der Waals surface area contributed by atoms with E-state index in [4.69, 9.17) is 20.4 Å². The van der Waals surface area contributed by atoms with Crippen molar-refractivity contribution in [3.8, 4) is 0 Å². The Balaban J connectivity index is 2.57. The van der Waals surface area contributed by atoms with Crippen LogP contribution in [0.25, 0.3) is 0 Å². The molecule has 0 amide bonds. The maximum atomic E-state index is 11.1. The predicted octanol–water partition coefficient (Wildman–Crippen LogP) is 5.54. The van der Waals surface area contributed by atoms with Gasteiger partial charge in [-0.1, -0.05) is 71.6 Å². The van der Waals surface area contributed by atoms with Crippen molar-refractivity contribution in [1.82, 2.24) is 0 Å². The zero-order valence-corrected chi connectivity index (χ0v) is 20.8. The Labute approximate surface area is 203 Å². The molecule has 1 aliphatic carbocycles. The molecule has 4 atom stereocenters. The minimum absolute atomic E-state index is 0.167. The summed E-state index contributed by atoms with van der Waals surface area (Å²) in [7, 11) is 0. The van der Waals surface area contributed by atoms with Crippen LogP contribution in [0.3, 0.4) is 0 Å². The first-order valence-electron chi connectivity index (χ1n) is 13.0. The first kappa shape index (κ1) is 29.9.